The van der Waals surface area contributed by atoms with Gasteiger partial charge in [0, 0.05) is 5.92 Å². The van der Waals surface area contributed by atoms with Gasteiger partial charge in [0.05, 0.1) is 24.2 Å². The molecule has 4 atom stereocenters. The van der Waals surface area contributed by atoms with Crippen LogP contribution in [0, 0.1) is 5.92 Å². The number of hydrogen-bond donors (Lipinski definition) is 3. The fourth-order valence-corrected chi connectivity index (χ4v) is 6.30. The van der Waals surface area contributed by atoms with Crippen molar-refractivity contribution >= 4 is 18.0 Å². The van der Waals surface area contributed by atoms with Crippen LogP contribution in [-0.2, 0) is 25.7 Å². The lowest BCUT2D eigenvalue weighted by Gasteiger charge is -2.41. The van der Waals surface area contributed by atoms with Crippen molar-refractivity contribution in [3.63, 3.8) is 0 Å². The van der Waals surface area contributed by atoms with Crippen molar-refractivity contribution in [3.8, 4) is 11.1 Å². The third-order valence-electron chi connectivity index (χ3n) is 8.64. The highest BCUT2D eigenvalue weighted by Crippen LogP contribution is 2.44. The van der Waals surface area contributed by atoms with E-state index in [1.165, 1.54) is 0 Å². The summed E-state index contributed by atoms with van der Waals surface area (Å²) in [6.45, 7) is 3.87. The Hall–Kier alpha value is -4.17. The number of amides is 2. The summed E-state index contributed by atoms with van der Waals surface area (Å²) >= 11 is 0. The Morgan fingerprint density at radius 3 is 2.19 bits per heavy atom. The minimum absolute atomic E-state index is 0.0740. The Labute approximate surface area is 246 Å². The Kier molecular flexibility index (Phi) is 8.92. The van der Waals surface area contributed by atoms with Gasteiger partial charge in [-0.15, -0.1) is 0 Å². The summed E-state index contributed by atoms with van der Waals surface area (Å²) < 4.78 is 11.6. The molecule has 0 saturated heterocycles. The Bertz CT molecular complexity index is 1380. The first-order valence-electron chi connectivity index (χ1n) is 14.6. The molecule has 2 unspecified atom stereocenters. The van der Waals surface area contributed by atoms with Gasteiger partial charge in [0.2, 0.25) is 5.91 Å². The van der Waals surface area contributed by atoms with Crippen LogP contribution in [0.25, 0.3) is 11.1 Å². The average molecular weight is 571 g/mol. The van der Waals surface area contributed by atoms with Crippen LogP contribution in [0.5, 0.6) is 0 Å². The molecule has 0 radical (unpaired) electrons. The minimum atomic E-state index is -1.23. The molecular formula is C34H38N2O6. The first kappa shape index (κ1) is 29.3. The van der Waals surface area contributed by atoms with E-state index in [-0.39, 0.29) is 19.1 Å². The lowest BCUT2D eigenvalue weighted by atomic mass is 9.73. The second kappa shape index (κ2) is 12.8. The quantitative estimate of drug-likeness (QED) is 0.290. The molecule has 5 rings (SSSR count). The fourth-order valence-electron chi connectivity index (χ4n) is 6.30. The van der Waals surface area contributed by atoms with E-state index in [1.54, 1.807) is 6.92 Å². The van der Waals surface area contributed by atoms with Crippen LogP contribution in [0.3, 0.4) is 0 Å². The second-order valence-electron chi connectivity index (χ2n) is 11.5. The predicted molar refractivity (Wildman–Crippen MR) is 159 cm³/mol. The zero-order valence-electron chi connectivity index (χ0n) is 24.0. The topological polar surface area (TPSA) is 114 Å². The zero-order valence-corrected chi connectivity index (χ0v) is 24.0. The van der Waals surface area contributed by atoms with E-state index in [1.807, 2.05) is 61.5 Å². The molecule has 2 aliphatic rings. The second-order valence-corrected chi connectivity index (χ2v) is 11.5. The number of ether oxygens (including phenoxy) is 2. The number of benzene rings is 3. The third kappa shape index (κ3) is 6.34. The molecule has 0 bridgehead atoms. The summed E-state index contributed by atoms with van der Waals surface area (Å²) in [5, 5.41) is 15.6. The van der Waals surface area contributed by atoms with Crippen molar-refractivity contribution in [1.29, 1.82) is 0 Å². The van der Waals surface area contributed by atoms with Crippen LogP contribution in [0.2, 0.25) is 0 Å². The number of carboxylic acids is 1. The van der Waals surface area contributed by atoms with E-state index in [4.69, 9.17) is 9.47 Å². The minimum Gasteiger partial charge on any atom is -0.480 e. The number of carbonyl (C=O) groups excluding carboxylic acids is 2. The maximum absolute atomic E-state index is 13.5. The number of nitrogens with one attached hydrogen (secondary N) is 2. The third-order valence-corrected chi connectivity index (χ3v) is 8.64. The van der Waals surface area contributed by atoms with Crippen LogP contribution in [0.1, 0.15) is 62.1 Å². The van der Waals surface area contributed by atoms with Crippen LogP contribution < -0.4 is 10.6 Å². The van der Waals surface area contributed by atoms with Gasteiger partial charge in [-0.1, -0.05) is 91.7 Å². The molecular weight excluding hydrogens is 532 g/mol. The molecule has 0 spiro atoms. The molecule has 3 aromatic carbocycles. The van der Waals surface area contributed by atoms with Crippen LogP contribution >= 0.6 is 0 Å². The molecule has 2 amide bonds. The summed E-state index contributed by atoms with van der Waals surface area (Å²) in [7, 11) is 0. The standard InChI is InChI=1S/C34H38N2O6/c1-22(41-20-23-12-4-3-5-13-23)30(32(38)39)35-31(37)29-18-10-11-19-34(29,2)36-33(40)42-21-28-26-16-8-6-14-24(26)25-15-7-9-17-27(25)28/h3-9,12-17,22,28-30H,10-11,18-21H2,1-2H3,(H,35,37)(H,36,40)(H,38,39)/t22-,29?,30+,34?/m1/s1. The molecule has 1 fully saturated rings. The number of alkyl carbamates (subject to hydrolysis) is 1. The van der Waals surface area contributed by atoms with Gasteiger partial charge >= 0.3 is 12.1 Å². The van der Waals surface area contributed by atoms with Crippen molar-refractivity contribution in [2.45, 2.75) is 69.7 Å². The highest BCUT2D eigenvalue weighted by molar-refractivity contribution is 5.87. The number of rotatable bonds is 10. The molecule has 8 nitrogen and oxygen atoms in total. The van der Waals surface area contributed by atoms with Crippen molar-refractivity contribution in [2.24, 2.45) is 5.92 Å². The van der Waals surface area contributed by atoms with Gasteiger partial charge in [-0.05, 0) is 54.5 Å². The highest BCUT2D eigenvalue weighted by atomic mass is 16.5. The summed E-state index contributed by atoms with van der Waals surface area (Å²) in [5.41, 5.74) is 4.56. The molecule has 0 aliphatic heterocycles. The van der Waals surface area contributed by atoms with Gasteiger partial charge in [0.1, 0.15) is 6.61 Å². The molecule has 1 saturated carbocycles. The molecule has 0 heterocycles. The maximum Gasteiger partial charge on any atom is 0.407 e. The monoisotopic (exact) mass is 570 g/mol. The lowest BCUT2D eigenvalue weighted by molar-refractivity contribution is -0.148. The first-order chi connectivity index (χ1) is 20.3. The van der Waals surface area contributed by atoms with Gasteiger partial charge < -0.3 is 25.2 Å². The molecule has 0 aromatic heterocycles. The Morgan fingerprint density at radius 1 is 0.929 bits per heavy atom. The SMILES string of the molecule is C[C@@H](OCc1ccccc1)[C@H](NC(=O)C1CCCCC1(C)NC(=O)OCC1c2ccccc2-c2ccccc21)C(=O)O. The predicted octanol–water partition coefficient (Wildman–Crippen LogP) is 5.65. The normalized spacial score (nSPS) is 21.0. The van der Waals surface area contributed by atoms with Crippen molar-refractivity contribution in [2.75, 3.05) is 6.61 Å². The molecule has 42 heavy (non-hydrogen) atoms. The number of carbonyl (C=O) groups is 3. The van der Waals surface area contributed by atoms with Crippen molar-refractivity contribution in [1.82, 2.24) is 10.6 Å². The van der Waals surface area contributed by atoms with Crippen LogP contribution in [0.15, 0.2) is 78.9 Å². The summed E-state index contributed by atoms with van der Waals surface area (Å²) in [6, 6.07) is 24.5. The van der Waals surface area contributed by atoms with E-state index in [2.05, 4.69) is 34.9 Å². The van der Waals surface area contributed by atoms with Crippen LogP contribution in [-0.4, -0.2) is 47.4 Å². The van der Waals surface area contributed by atoms with Gasteiger partial charge in [-0.2, -0.15) is 0 Å². The largest absolute Gasteiger partial charge is 0.480 e. The smallest absolute Gasteiger partial charge is 0.407 e. The summed E-state index contributed by atoms with van der Waals surface area (Å²) in [4.78, 5) is 38.8. The maximum atomic E-state index is 13.5. The molecule has 3 aromatic rings. The highest BCUT2D eigenvalue weighted by Gasteiger charge is 2.44. The van der Waals surface area contributed by atoms with Gasteiger partial charge in [-0.3, -0.25) is 4.79 Å². The van der Waals surface area contributed by atoms with Gasteiger partial charge in [-0.25, -0.2) is 9.59 Å². The van der Waals surface area contributed by atoms with E-state index in [0.717, 1.165) is 40.7 Å². The number of aliphatic carboxylic acids is 1. The number of carboxylic acid groups (broad SMARTS) is 1. The van der Waals surface area contributed by atoms with E-state index in [9.17, 15) is 19.5 Å². The Balaban J connectivity index is 1.22. The number of hydrogen-bond acceptors (Lipinski definition) is 5. The molecule has 8 heteroatoms. The Morgan fingerprint density at radius 2 is 1.55 bits per heavy atom. The molecule has 2 aliphatic carbocycles. The van der Waals surface area contributed by atoms with Crippen molar-refractivity contribution < 1.29 is 29.0 Å². The van der Waals surface area contributed by atoms with Gasteiger partial charge in [0.15, 0.2) is 6.04 Å². The summed E-state index contributed by atoms with van der Waals surface area (Å²) in [6.07, 6.45) is 1.38. The summed E-state index contributed by atoms with van der Waals surface area (Å²) in [5.74, 6) is -2.28. The zero-order chi connectivity index (χ0) is 29.7. The van der Waals surface area contributed by atoms with Crippen LogP contribution in [0.4, 0.5) is 4.79 Å². The van der Waals surface area contributed by atoms with E-state index >= 15 is 0 Å². The molecule has 220 valence electrons. The van der Waals surface area contributed by atoms with E-state index in [0.29, 0.717) is 12.8 Å². The van der Waals surface area contributed by atoms with E-state index < -0.39 is 41.6 Å². The number of fused-ring (bicyclic) bond motifs is 3. The first-order valence-corrected chi connectivity index (χ1v) is 14.6. The average Bonchev–Trinajstić information content (AvgIpc) is 3.31. The van der Waals surface area contributed by atoms with Gasteiger partial charge in [0.25, 0.3) is 0 Å². The molecule has 3 N–H and O–H groups in total. The fraction of sp³-hybridized carbons (Fsp3) is 0.382. The van der Waals surface area contributed by atoms with Crippen molar-refractivity contribution in [3.05, 3.63) is 95.6 Å². The lowest BCUT2D eigenvalue weighted by Crippen LogP contribution is -2.60.